The Labute approximate surface area is 79.6 Å². The zero-order valence-corrected chi connectivity index (χ0v) is 7.98. The van der Waals surface area contributed by atoms with Crippen molar-refractivity contribution in [1.82, 2.24) is 4.90 Å². The van der Waals surface area contributed by atoms with Crippen LogP contribution in [0, 0.1) is 0 Å². The maximum Gasteiger partial charge on any atom is 0.0718 e. The molecule has 0 aromatic carbocycles. The topological polar surface area (TPSA) is 12.5 Å². The molecule has 3 rings (SSSR count). The number of ether oxygens (including phenoxy) is 1. The average Bonchev–Trinajstić information content (AvgIpc) is 2.80. The summed E-state index contributed by atoms with van der Waals surface area (Å²) in [4.78, 5) is 2.66. The largest absolute Gasteiger partial charge is 0.375 e. The van der Waals surface area contributed by atoms with Gasteiger partial charge in [-0.3, -0.25) is 4.90 Å². The first-order valence-electron chi connectivity index (χ1n) is 5.47. The van der Waals surface area contributed by atoms with Crippen molar-refractivity contribution in [3.8, 4) is 0 Å². The van der Waals surface area contributed by atoms with E-state index in [-0.39, 0.29) is 0 Å². The van der Waals surface area contributed by atoms with Crippen molar-refractivity contribution in [2.75, 3.05) is 13.2 Å². The first-order valence-corrected chi connectivity index (χ1v) is 5.47. The third-order valence-corrected chi connectivity index (χ3v) is 3.60. The van der Waals surface area contributed by atoms with Gasteiger partial charge >= 0.3 is 0 Å². The Hall–Kier alpha value is -0.340. The van der Waals surface area contributed by atoms with Crippen molar-refractivity contribution < 1.29 is 4.74 Å². The van der Waals surface area contributed by atoms with Gasteiger partial charge in [-0.25, -0.2) is 0 Å². The van der Waals surface area contributed by atoms with Crippen LogP contribution in [0.5, 0.6) is 0 Å². The first-order chi connectivity index (χ1) is 6.43. The Bertz CT molecular complexity index is 226. The van der Waals surface area contributed by atoms with E-state index < -0.39 is 0 Å². The van der Waals surface area contributed by atoms with E-state index in [1.165, 1.54) is 32.2 Å². The lowest BCUT2D eigenvalue weighted by molar-refractivity contribution is 0.0174. The maximum absolute atomic E-state index is 5.61. The summed E-state index contributed by atoms with van der Waals surface area (Å²) in [5.41, 5.74) is 0. The number of allylic oxidation sites excluding steroid dienone is 1. The van der Waals surface area contributed by atoms with Gasteiger partial charge in [0.05, 0.1) is 12.7 Å². The van der Waals surface area contributed by atoms with Crippen molar-refractivity contribution in [3.05, 3.63) is 12.2 Å². The van der Waals surface area contributed by atoms with E-state index >= 15 is 0 Å². The zero-order valence-electron chi connectivity index (χ0n) is 7.98. The fourth-order valence-corrected chi connectivity index (χ4v) is 2.91. The zero-order chi connectivity index (χ0) is 8.67. The summed E-state index contributed by atoms with van der Waals surface area (Å²) >= 11 is 0. The minimum absolute atomic E-state index is 0.556. The van der Waals surface area contributed by atoms with Crippen LogP contribution in [0.2, 0.25) is 0 Å². The molecule has 0 aromatic rings. The molecule has 2 aliphatic heterocycles. The van der Waals surface area contributed by atoms with Crippen LogP contribution in [0.1, 0.15) is 25.7 Å². The van der Waals surface area contributed by atoms with Crippen LogP contribution in [0.15, 0.2) is 12.2 Å². The van der Waals surface area contributed by atoms with Gasteiger partial charge in [-0.1, -0.05) is 12.2 Å². The van der Waals surface area contributed by atoms with Crippen LogP contribution in [0.4, 0.5) is 0 Å². The second-order valence-electron chi connectivity index (χ2n) is 4.47. The SMILES string of the molecule is C1=CC(N2CC3CC2CO3)CCC1. The molecule has 2 saturated heterocycles. The van der Waals surface area contributed by atoms with Crippen LogP contribution in [-0.2, 0) is 4.74 Å². The molecule has 2 heteroatoms. The molecular formula is C11H17NO. The molecule has 0 spiro atoms. The molecule has 0 radical (unpaired) electrons. The van der Waals surface area contributed by atoms with E-state index in [0.717, 1.165) is 18.7 Å². The molecule has 2 fully saturated rings. The van der Waals surface area contributed by atoms with Gasteiger partial charge in [-0.2, -0.15) is 0 Å². The number of nitrogens with zero attached hydrogens (tertiary/aromatic N) is 1. The van der Waals surface area contributed by atoms with Crippen LogP contribution in [0.3, 0.4) is 0 Å². The molecule has 3 unspecified atom stereocenters. The third kappa shape index (κ3) is 1.32. The highest BCUT2D eigenvalue weighted by molar-refractivity contribution is 5.04. The number of hydrogen-bond acceptors (Lipinski definition) is 2. The summed E-state index contributed by atoms with van der Waals surface area (Å²) in [6.07, 6.45) is 10.6. The van der Waals surface area contributed by atoms with Gasteiger partial charge in [0, 0.05) is 18.6 Å². The van der Waals surface area contributed by atoms with Crippen molar-refractivity contribution in [2.45, 2.75) is 43.9 Å². The van der Waals surface area contributed by atoms with E-state index in [2.05, 4.69) is 17.1 Å². The fraction of sp³-hybridized carbons (Fsp3) is 0.818. The maximum atomic E-state index is 5.61. The lowest BCUT2D eigenvalue weighted by Crippen LogP contribution is -2.43. The number of hydrogen-bond donors (Lipinski definition) is 0. The van der Waals surface area contributed by atoms with E-state index in [0.29, 0.717) is 6.10 Å². The lowest BCUT2D eigenvalue weighted by Gasteiger charge is -2.34. The highest BCUT2D eigenvalue weighted by Gasteiger charge is 2.41. The second kappa shape index (κ2) is 3.10. The second-order valence-corrected chi connectivity index (χ2v) is 4.47. The Morgan fingerprint density at radius 1 is 1.38 bits per heavy atom. The van der Waals surface area contributed by atoms with E-state index in [1.54, 1.807) is 0 Å². The molecule has 3 atom stereocenters. The smallest absolute Gasteiger partial charge is 0.0718 e. The lowest BCUT2D eigenvalue weighted by atomic mass is 10.0. The van der Waals surface area contributed by atoms with Crippen LogP contribution < -0.4 is 0 Å². The van der Waals surface area contributed by atoms with Crippen molar-refractivity contribution in [2.24, 2.45) is 0 Å². The normalized spacial score (nSPS) is 44.5. The molecule has 0 aromatic heterocycles. The molecule has 2 bridgehead atoms. The van der Waals surface area contributed by atoms with Crippen molar-refractivity contribution in [1.29, 1.82) is 0 Å². The average molecular weight is 179 g/mol. The van der Waals surface area contributed by atoms with Gasteiger partial charge in [0.1, 0.15) is 0 Å². The van der Waals surface area contributed by atoms with Gasteiger partial charge in [0.25, 0.3) is 0 Å². The van der Waals surface area contributed by atoms with Gasteiger partial charge < -0.3 is 4.74 Å². The molecule has 1 aliphatic carbocycles. The van der Waals surface area contributed by atoms with E-state index in [1.807, 2.05) is 0 Å². The summed E-state index contributed by atoms with van der Waals surface area (Å²) in [5, 5.41) is 0. The Morgan fingerprint density at radius 3 is 3.00 bits per heavy atom. The molecule has 2 nitrogen and oxygen atoms in total. The van der Waals surface area contributed by atoms with Gasteiger partial charge in [-0.05, 0) is 25.7 Å². The summed E-state index contributed by atoms with van der Waals surface area (Å²) in [5.74, 6) is 0. The highest BCUT2D eigenvalue weighted by Crippen LogP contribution is 2.32. The summed E-state index contributed by atoms with van der Waals surface area (Å²) in [6.45, 7) is 2.16. The van der Waals surface area contributed by atoms with E-state index in [4.69, 9.17) is 4.74 Å². The fourth-order valence-electron chi connectivity index (χ4n) is 2.91. The number of morpholine rings is 1. The minimum Gasteiger partial charge on any atom is -0.375 e. The van der Waals surface area contributed by atoms with Gasteiger partial charge in [0.15, 0.2) is 0 Å². The standard InChI is InChI=1S/C11H17NO/c1-2-4-9(5-3-1)12-7-11-6-10(12)8-13-11/h2,4,9-11H,1,3,5-8H2. The molecule has 0 N–H and O–H groups in total. The first kappa shape index (κ1) is 8.01. The van der Waals surface area contributed by atoms with Crippen LogP contribution >= 0.6 is 0 Å². The summed E-state index contributed by atoms with van der Waals surface area (Å²) in [6, 6.07) is 1.46. The van der Waals surface area contributed by atoms with Crippen LogP contribution in [-0.4, -0.2) is 36.2 Å². The number of fused-ring (bicyclic) bond motifs is 2. The Balaban J connectivity index is 1.71. The predicted molar refractivity (Wildman–Crippen MR) is 51.6 cm³/mol. The molecular weight excluding hydrogens is 162 g/mol. The van der Waals surface area contributed by atoms with E-state index in [9.17, 15) is 0 Å². The van der Waals surface area contributed by atoms with Crippen LogP contribution in [0.25, 0.3) is 0 Å². The Kier molecular flexibility index (Phi) is 1.91. The quantitative estimate of drug-likeness (QED) is 0.566. The highest BCUT2D eigenvalue weighted by atomic mass is 16.5. The number of likely N-dealkylation sites (tertiary alicyclic amines) is 1. The van der Waals surface area contributed by atoms with Gasteiger partial charge in [0.2, 0.25) is 0 Å². The van der Waals surface area contributed by atoms with Crippen molar-refractivity contribution >= 4 is 0 Å². The molecule has 3 aliphatic rings. The summed E-state index contributed by atoms with van der Waals surface area (Å²) in [7, 11) is 0. The Morgan fingerprint density at radius 2 is 2.38 bits per heavy atom. The predicted octanol–water partition coefficient (Wildman–Crippen LogP) is 1.57. The molecule has 0 saturated carbocycles. The van der Waals surface area contributed by atoms with Crippen molar-refractivity contribution in [3.63, 3.8) is 0 Å². The molecule has 13 heavy (non-hydrogen) atoms. The molecule has 0 amide bonds. The third-order valence-electron chi connectivity index (χ3n) is 3.60. The molecule has 2 heterocycles. The summed E-state index contributed by atoms with van der Waals surface area (Å²) < 4.78 is 5.61. The monoisotopic (exact) mass is 179 g/mol. The van der Waals surface area contributed by atoms with Gasteiger partial charge in [-0.15, -0.1) is 0 Å². The number of rotatable bonds is 1. The molecule has 72 valence electrons. The minimum atomic E-state index is 0.556.